The largest absolute Gasteiger partial charge is 0.119 e. The van der Waals surface area contributed by atoms with Crippen LogP contribution in [0.1, 0.15) is 32.1 Å². The van der Waals surface area contributed by atoms with E-state index in [-0.39, 0.29) is 13.0 Å². The predicted octanol–water partition coefficient (Wildman–Crippen LogP) is 4.65. The van der Waals surface area contributed by atoms with Crippen LogP contribution >= 0.6 is 55.1 Å². The highest BCUT2D eigenvalue weighted by Crippen LogP contribution is 2.69. The summed E-state index contributed by atoms with van der Waals surface area (Å²) < 4.78 is 0.107. The van der Waals surface area contributed by atoms with E-state index in [1.54, 1.807) is 0 Å². The van der Waals surface area contributed by atoms with Crippen LogP contribution in [0.4, 0.5) is 0 Å². The highest BCUT2D eigenvalue weighted by atomic mass is 79.9. The van der Waals surface area contributed by atoms with E-state index in [2.05, 4.69) is 31.9 Å². The van der Waals surface area contributed by atoms with E-state index in [1.807, 2.05) is 0 Å². The maximum Gasteiger partial charge on any atom is 0.105 e. The smallest absolute Gasteiger partial charge is 0.105 e. The number of hydrogen-bond donors (Lipinski definition) is 0. The Kier molecular flexibility index (Phi) is 2.18. The Balaban J connectivity index is 2.03. The molecule has 0 aromatic carbocycles. The summed E-state index contributed by atoms with van der Waals surface area (Å²) in [5.74, 6) is 1.06. The van der Waals surface area contributed by atoms with Crippen molar-refractivity contribution in [1.29, 1.82) is 0 Å². The zero-order valence-corrected chi connectivity index (χ0v) is 12.4. The van der Waals surface area contributed by atoms with E-state index in [1.165, 1.54) is 12.8 Å². The summed E-state index contributed by atoms with van der Waals surface area (Å²) in [6.45, 7) is 0. The monoisotopic (exact) mass is 360 g/mol. The third kappa shape index (κ3) is 1.36. The molecule has 0 radical (unpaired) electrons. The fourth-order valence-corrected chi connectivity index (χ4v) is 6.88. The summed E-state index contributed by atoms with van der Waals surface area (Å²) >= 11 is 20.8. The van der Waals surface area contributed by atoms with Gasteiger partial charge in [0.2, 0.25) is 0 Å². The molecule has 0 saturated heterocycles. The molecule has 4 aliphatic rings. The second-order valence-electron chi connectivity index (χ2n) is 5.36. The van der Waals surface area contributed by atoms with Crippen molar-refractivity contribution >= 4 is 55.1 Å². The van der Waals surface area contributed by atoms with Crippen molar-refractivity contribution in [2.24, 2.45) is 11.8 Å². The summed E-state index contributed by atoms with van der Waals surface area (Å²) in [5.41, 5.74) is 0. The molecule has 0 N–H and O–H groups in total. The van der Waals surface area contributed by atoms with Gasteiger partial charge in [-0.25, -0.2) is 0 Å². The van der Waals surface area contributed by atoms with Gasteiger partial charge >= 0.3 is 0 Å². The Morgan fingerprint density at radius 2 is 1.43 bits per heavy atom. The fourth-order valence-electron chi connectivity index (χ4n) is 3.81. The van der Waals surface area contributed by atoms with E-state index < -0.39 is 0 Å². The van der Waals surface area contributed by atoms with Gasteiger partial charge in [-0.1, -0.05) is 31.9 Å². The Bertz CT molecular complexity index is 252. The molecule has 4 heteroatoms. The summed E-state index contributed by atoms with van der Waals surface area (Å²) in [7, 11) is 0. The Labute approximate surface area is 111 Å². The quantitative estimate of drug-likeness (QED) is 0.550. The molecule has 14 heavy (non-hydrogen) atoms. The van der Waals surface area contributed by atoms with Crippen molar-refractivity contribution in [3.8, 4) is 0 Å². The van der Waals surface area contributed by atoms with E-state index in [9.17, 15) is 0 Å². The number of hydrogen-bond acceptors (Lipinski definition) is 0. The van der Waals surface area contributed by atoms with Gasteiger partial charge in [-0.05, 0) is 43.9 Å². The molecule has 2 atom stereocenters. The molecule has 0 amide bonds. The first kappa shape index (κ1) is 10.7. The lowest BCUT2D eigenvalue weighted by molar-refractivity contribution is 0.0517. The highest BCUT2D eigenvalue weighted by molar-refractivity contribution is 9.10. The van der Waals surface area contributed by atoms with Crippen LogP contribution < -0.4 is 0 Å². The van der Waals surface area contributed by atoms with Crippen LogP contribution in [0.25, 0.3) is 0 Å². The third-order valence-corrected chi connectivity index (χ3v) is 7.45. The maximum absolute atomic E-state index is 6.64. The third-order valence-electron chi connectivity index (χ3n) is 4.17. The van der Waals surface area contributed by atoms with Crippen molar-refractivity contribution in [2.45, 2.75) is 45.1 Å². The molecule has 0 spiro atoms. The average molecular weight is 363 g/mol. The Morgan fingerprint density at radius 1 is 0.929 bits per heavy atom. The van der Waals surface area contributed by atoms with Gasteiger partial charge in [0.1, 0.15) is 3.78 Å². The molecular weight excluding hydrogens is 351 g/mol. The van der Waals surface area contributed by atoms with Crippen molar-refractivity contribution in [1.82, 2.24) is 0 Å². The van der Waals surface area contributed by atoms with Gasteiger partial charge in [0.05, 0.1) is 0 Å². The molecule has 80 valence electrons. The van der Waals surface area contributed by atoms with Gasteiger partial charge in [-0.2, -0.15) is 0 Å². The minimum absolute atomic E-state index is 0.0293. The Morgan fingerprint density at radius 3 is 1.86 bits per heavy atom. The van der Waals surface area contributed by atoms with Crippen molar-refractivity contribution in [3.05, 3.63) is 0 Å². The summed E-state index contributed by atoms with van der Waals surface area (Å²) in [6, 6.07) is 0. The first-order valence-corrected chi connectivity index (χ1v) is 7.43. The van der Waals surface area contributed by atoms with E-state index >= 15 is 0 Å². The van der Waals surface area contributed by atoms with Crippen LogP contribution in [0, 0.1) is 11.8 Å². The van der Waals surface area contributed by atoms with Crippen LogP contribution in [0.3, 0.4) is 0 Å². The SMILES string of the molecule is ClC12CC3CC(Br)(CC(C1)C3(Cl)Br)C2. The molecule has 0 nitrogen and oxygen atoms in total. The van der Waals surface area contributed by atoms with Gasteiger partial charge in [-0.3, -0.25) is 0 Å². The zero-order valence-electron chi connectivity index (χ0n) is 7.70. The minimum atomic E-state index is -0.178. The molecule has 4 rings (SSSR count). The molecule has 0 aliphatic heterocycles. The summed E-state index contributed by atoms with van der Waals surface area (Å²) in [6.07, 6.45) is 5.62. The topological polar surface area (TPSA) is 0 Å². The van der Waals surface area contributed by atoms with E-state index in [4.69, 9.17) is 23.2 Å². The van der Waals surface area contributed by atoms with E-state index in [0.29, 0.717) is 11.8 Å². The Hall–Kier alpha value is 1.54. The van der Waals surface area contributed by atoms with E-state index in [0.717, 1.165) is 19.3 Å². The van der Waals surface area contributed by atoms with Crippen LogP contribution in [0.5, 0.6) is 0 Å². The molecular formula is C10H12Br2Cl2. The van der Waals surface area contributed by atoms with Gasteiger partial charge in [0, 0.05) is 9.20 Å². The normalized spacial score (nSPS) is 66.0. The maximum atomic E-state index is 6.64. The molecule has 0 aromatic heterocycles. The average Bonchev–Trinajstić information content (AvgIpc) is 1.96. The molecule has 4 saturated carbocycles. The van der Waals surface area contributed by atoms with Crippen LogP contribution in [0.2, 0.25) is 0 Å². The second-order valence-corrected chi connectivity index (χ2v) is 10.2. The van der Waals surface area contributed by atoms with Gasteiger partial charge in [0.15, 0.2) is 0 Å². The summed E-state index contributed by atoms with van der Waals surface area (Å²) in [4.78, 5) is 0.0293. The standard InChI is InChI=1S/C10H12Br2Cl2/c11-8-1-6-3-9(13,5-8)4-7(2-8)10(6,12)14/h6-7H,1-5H2. The molecule has 0 aromatic rings. The van der Waals surface area contributed by atoms with Gasteiger partial charge in [0.25, 0.3) is 0 Å². The van der Waals surface area contributed by atoms with Crippen molar-refractivity contribution in [3.63, 3.8) is 0 Å². The second kappa shape index (κ2) is 2.86. The van der Waals surface area contributed by atoms with Gasteiger partial charge in [-0.15, -0.1) is 23.2 Å². The minimum Gasteiger partial charge on any atom is -0.119 e. The van der Waals surface area contributed by atoms with Crippen LogP contribution in [0.15, 0.2) is 0 Å². The highest BCUT2D eigenvalue weighted by Gasteiger charge is 2.64. The van der Waals surface area contributed by atoms with Crippen LogP contribution in [-0.2, 0) is 0 Å². The predicted molar refractivity (Wildman–Crippen MR) is 67.8 cm³/mol. The molecule has 4 bridgehead atoms. The lowest BCUT2D eigenvalue weighted by Gasteiger charge is -2.62. The zero-order chi connectivity index (χ0) is 10.2. The number of halogens is 4. The molecule has 4 fully saturated rings. The summed E-state index contributed by atoms with van der Waals surface area (Å²) in [5, 5.41) is 0. The lowest BCUT2D eigenvalue weighted by atomic mass is 9.55. The lowest BCUT2D eigenvalue weighted by Crippen LogP contribution is -2.61. The first-order chi connectivity index (χ1) is 6.33. The molecule has 4 aliphatic carbocycles. The number of alkyl halides is 4. The van der Waals surface area contributed by atoms with Crippen molar-refractivity contribution < 1.29 is 0 Å². The van der Waals surface area contributed by atoms with Crippen LogP contribution in [-0.4, -0.2) is 13.0 Å². The number of rotatable bonds is 0. The van der Waals surface area contributed by atoms with Gasteiger partial charge < -0.3 is 0 Å². The molecule has 2 unspecified atom stereocenters. The van der Waals surface area contributed by atoms with Crippen molar-refractivity contribution in [2.75, 3.05) is 0 Å². The first-order valence-electron chi connectivity index (χ1n) is 5.09. The fraction of sp³-hybridized carbons (Fsp3) is 1.00. The molecule has 0 heterocycles.